The first-order valence-corrected chi connectivity index (χ1v) is 12.2. The number of aliphatic carboxylic acids is 1. The highest BCUT2D eigenvalue weighted by Gasteiger charge is 2.31. The smallest absolute Gasteiger partial charge is 0.345 e. The number of carbonyl (C=O) groups excluding carboxylic acids is 2. The Morgan fingerprint density at radius 3 is 2.50 bits per heavy atom. The molecule has 0 radical (unpaired) electrons. The van der Waals surface area contributed by atoms with Crippen molar-refractivity contribution in [1.82, 2.24) is 10.2 Å². The van der Waals surface area contributed by atoms with E-state index in [0.717, 1.165) is 5.56 Å². The number of likely N-dealkylation sites (tertiary alicyclic amines) is 1. The largest absolute Gasteiger partial charge is 0.478 e. The lowest BCUT2D eigenvalue weighted by Gasteiger charge is -2.19. The number of nitrogens with two attached hydrogens (primary N) is 1. The van der Waals surface area contributed by atoms with Gasteiger partial charge < -0.3 is 25.8 Å². The van der Waals surface area contributed by atoms with E-state index in [1.54, 1.807) is 61.2 Å². The van der Waals surface area contributed by atoms with Gasteiger partial charge in [0.1, 0.15) is 11.6 Å². The molecule has 0 spiro atoms. The molecule has 0 bridgehead atoms. The maximum absolute atomic E-state index is 13.8. The summed E-state index contributed by atoms with van der Waals surface area (Å²) >= 11 is 0. The lowest BCUT2D eigenvalue weighted by atomic mass is 10.0. The van der Waals surface area contributed by atoms with Gasteiger partial charge in [0.25, 0.3) is 0 Å². The molecule has 1 fully saturated rings. The van der Waals surface area contributed by atoms with Crippen LogP contribution in [-0.2, 0) is 27.3 Å². The molecule has 2 amide bonds. The Kier molecular flexibility index (Phi) is 9.41. The first kappa shape index (κ1) is 27.1. The van der Waals surface area contributed by atoms with Crippen LogP contribution >= 0.6 is 0 Å². The number of rotatable bonds is 11. The lowest BCUT2D eigenvalue weighted by Crippen LogP contribution is -2.37. The third kappa shape index (κ3) is 7.52. The quantitative estimate of drug-likeness (QED) is 0.437. The molecule has 0 saturated carbocycles. The predicted octanol–water partition coefficient (Wildman–Crippen LogP) is 2.74. The molecule has 1 heterocycles. The van der Waals surface area contributed by atoms with Crippen LogP contribution in [0.4, 0.5) is 4.39 Å². The van der Waals surface area contributed by atoms with Crippen molar-refractivity contribution in [3.8, 4) is 5.75 Å². The van der Waals surface area contributed by atoms with Crippen LogP contribution in [0.25, 0.3) is 0 Å². The molecule has 194 valence electrons. The second-order valence-corrected chi connectivity index (χ2v) is 9.57. The average Bonchev–Trinajstić information content (AvgIpc) is 3.33. The van der Waals surface area contributed by atoms with Crippen molar-refractivity contribution in [2.24, 2.45) is 17.6 Å². The predicted molar refractivity (Wildman–Crippen MR) is 133 cm³/mol. The normalized spacial score (nSPS) is 17.0. The molecule has 9 heteroatoms. The number of halogens is 1. The molecule has 1 saturated heterocycles. The molecule has 1 aliphatic rings. The monoisotopic (exact) mass is 499 g/mol. The topological polar surface area (TPSA) is 122 Å². The van der Waals surface area contributed by atoms with Gasteiger partial charge in [-0.2, -0.15) is 0 Å². The summed E-state index contributed by atoms with van der Waals surface area (Å²) in [4.78, 5) is 38.2. The summed E-state index contributed by atoms with van der Waals surface area (Å²) in [7, 11) is 0. The summed E-state index contributed by atoms with van der Waals surface area (Å²) < 4.78 is 19.4. The standard InChI is InChI=1S/C27H34FN3O5/c1-17(2)25(27(34)35)36-22-9-7-18(8-10-22)15-30-26(33)20-11-12-31(16-20)24(32)14-21(29)13-19-5-3-4-6-23(19)28/h3-10,17,20-21,25H,11-16,29H2,1-2H3,(H,30,33)(H,34,35)/t20?,21-,25+/m1/s1. The molecule has 3 rings (SSSR count). The maximum Gasteiger partial charge on any atom is 0.345 e. The molecule has 2 aromatic rings. The summed E-state index contributed by atoms with van der Waals surface area (Å²) in [5.74, 6) is -1.65. The van der Waals surface area contributed by atoms with Crippen LogP contribution < -0.4 is 15.8 Å². The van der Waals surface area contributed by atoms with Gasteiger partial charge in [0.15, 0.2) is 6.10 Å². The first-order valence-electron chi connectivity index (χ1n) is 12.2. The van der Waals surface area contributed by atoms with Crippen molar-refractivity contribution in [2.45, 2.75) is 51.8 Å². The number of amides is 2. The molecule has 2 aromatic carbocycles. The van der Waals surface area contributed by atoms with Crippen molar-refractivity contribution in [3.05, 3.63) is 65.5 Å². The number of nitrogens with one attached hydrogen (secondary N) is 1. The zero-order valence-corrected chi connectivity index (χ0v) is 20.7. The van der Waals surface area contributed by atoms with E-state index in [0.29, 0.717) is 37.4 Å². The second-order valence-electron chi connectivity index (χ2n) is 9.57. The van der Waals surface area contributed by atoms with Crippen molar-refractivity contribution < 1.29 is 28.6 Å². The number of hydrogen-bond donors (Lipinski definition) is 3. The zero-order valence-electron chi connectivity index (χ0n) is 20.7. The van der Waals surface area contributed by atoms with E-state index in [1.807, 2.05) is 0 Å². The summed E-state index contributed by atoms with van der Waals surface area (Å²) in [5.41, 5.74) is 7.41. The molecule has 0 aromatic heterocycles. The third-order valence-electron chi connectivity index (χ3n) is 6.29. The Morgan fingerprint density at radius 1 is 1.17 bits per heavy atom. The van der Waals surface area contributed by atoms with E-state index >= 15 is 0 Å². The van der Waals surface area contributed by atoms with Gasteiger partial charge in [-0.15, -0.1) is 0 Å². The highest BCUT2D eigenvalue weighted by atomic mass is 19.1. The maximum atomic E-state index is 13.8. The number of benzene rings is 2. The van der Waals surface area contributed by atoms with Gasteiger partial charge in [-0.05, 0) is 42.2 Å². The first-order chi connectivity index (χ1) is 17.1. The highest BCUT2D eigenvalue weighted by molar-refractivity contribution is 5.82. The summed E-state index contributed by atoms with van der Waals surface area (Å²) in [6, 6.07) is 12.8. The Morgan fingerprint density at radius 2 is 1.86 bits per heavy atom. The number of carboxylic acids is 1. The van der Waals surface area contributed by atoms with E-state index in [1.165, 1.54) is 6.07 Å². The van der Waals surface area contributed by atoms with Crippen LogP contribution in [0.2, 0.25) is 0 Å². The minimum atomic E-state index is -1.02. The Balaban J connectivity index is 1.43. The lowest BCUT2D eigenvalue weighted by molar-refractivity contribution is -0.147. The fourth-order valence-electron chi connectivity index (χ4n) is 4.21. The van der Waals surface area contributed by atoms with Crippen LogP contribution in [0.15, 0.2) is 48.5 Å². The van der Waals surface area contributed by atoms with Gasteiger partial charge in [-0.25, -0.2) is 9.18 Å². The number of carboxylic acid groups (broad SMARTS) is 1. The summed E-state index contributed by atoms with van der Waals surface area (Å²) in [6.45, 7) is 4.68. The molecule has 8 nitrogen and oxygen atoms in total. The van der Waals surface area contributed by atoms with E-state index in [2.05, 4.69) is 5.32 Å². The van der Waals surface area contributed by atoms with Crippen molar-refractivity contribution in [3.63, 3.8) is 0 Å². The van der Waals surface area contributed by atoms with Crippen LogP contribution in [-0.4, -0.2) is 53.0 Å². The molecular formula is C27H34FN3O5. The minimum Gasteiger partial charge on any atom is -0.478 e. The SMILES string of the molecule is CC(C)[C@H](Oc1ccc(CNC(=O)C2CCN(C(=O)C[C@H](N)Cc3ccccc3F)C2)cc1)C(=O)O. The van der Waals surface area contributed by atoms with Crippen molar-refractivity contribution in [2.75, 3.05) is 13.1 Å². The fourth-order valence-corrected chi connectivity index (χ4v) is 4.21. The van der Waals surface area contributed by atoms with E-state index in [4.69, 9.17) is 10.5 Å². The molecular weight excluding hydrogens is 465 g/mol. The summed E-state index contributed by atoms with van der Waals surface area (Å²) in [5, 5.41) is 12.2. The molecule has 36 heavy (non-hydrogen) atoms. The van der Waals surface area contributed by atoms with Gasteiger partial charge in [-0.1, -0.05) is 44.2 Å². The fraction of sp³-hybridized carbons (Fsp3) is 0.444. The van der Waals surface area contributed by atoms with E-state index in [9.17, 15) is 23.9 Å². The molecule has 3 atom stereocenters. The molecule has 0 aliphatic carbocycles. The van der Waals surface area contributed by atoms with Crippen molar-refractivity contribution >= 4 is 17.8 Å². The third-order valence-corrected chi connectivity index (χ3v) is 6.29. The van der Waals surface area contributed by atoms with Crippen molar-refractivity contribution in [1.29, 1.82) is 0 Å². The number of ether oxygens (including phenoxy) is 1. The van der Waals surface area contributed by atoms with Gasteiger partial charge in [0.2, 0.25) is 11.8 Å². The highest BCUT2D eigenvalue weighted by Crippen LogP contribution is 2.20. The molecule has 1 unspecified atom stereocenters. The minimum absolute atomic E-state index is 0.0939. The van der Waals surface area contributed by atoms with E-state index in [-0.39, 0.29) is 42.3 Å². The Labute approximate surface area is 210 Å². The number of carbonyl (C=O) groups is 3. The van der Waals surface area contributed by atoms with Crippen LogP contribution in [0.1, 0.15) is 37.8 Å². The average molecular weight is 500 g/mol. The number of hydrogen-bond acceptors (Lipinski definition) is 5. The van der Waals surface area contributed by atoms with Gasteiger partial charge in [-0.3, -0.25) is 9.59 Å². The zero-order chi connectivity index (χ0) is 26.2. The molecule has 4 N–H and O–H groups in total. The van der Waals surface area contributed by atoms with Crippen LogP contribution in [0, 0.1) is 17.7 Å². The van der Waals surface area contributed by atoms with Gasteiger partial charge in [0.05, 0.1) is 5.92 Å². The van der Waals surface area contributed by atoms with Gasteiger partial charge >= 0.3 is 5.97 Å². The molecule has 1 aliphatic heterocycles. The summed E-state index contributed by atoms with van der Waals surface area (Å²) in [6.07, 6.45) is 0.00153. The Hall–Kier alpha value is -3.46. The van der Waals surface area contributed by atoms with E-state index < -0.39 is 18.1 Å². The van der Waals surface area contributed by atoms with Crippen LogP contribution in [0.5, 0.6) is 5.75 Å². The van der Waals surface area contributed by atoms with Crippen LogP contribution in [0.3, 0.4) is 0 Å². The second kappa shape index (κ2) is 12.5. The number of nitrogens with zero attached hydrogens (tertiary/aromatic N) is 1. The van der Waals surface area contributed by atoms with Gasteiger partial charge in [0, 0.05) is 38.0 Å². The Bertz CT molecular complexity index is 1060.